The summed E-state index contributed by atoms with van der Waals surface area (Å²) in [4.78, 5) is 15.6. The summed E-state index contributed by atoms with van der Waals surface area (Å²) in [6.45, 7) is 0. The molecule has 2 rings (SSSR count). The molecule has 88 valence electrons. The van der Waals surface area contributed by atoms with Crippen LogP contribution in [0.4, 0.5) is 0 Å². The Morgan fingerprint density at radius 3 is 2.71 bits per heavy atom. The highest BCUT2D eigenvalue weighted by atomic mass is 79.9. The first-order valence-corrected chi connectivity index (χ1v) is 6.53. The Kier molecular flexibility index (Phi) is 3.70. The summed E-state index contributed by atoms with van der Waals surface area (Å²) >= 11 is 12.9. The van der Waals surface area contributed by atoms with Crippen molar-refractivity contribution in [1.29, 1.82) is 0 Å². The van der Waals surface area contributed by atoms with Crippen LogP contribution < -0.4 is 0 Å². The van der Waals surface area contributed by atoms with Crippen LogP contribution in [0.2, 0.25) is 5.02 Å². The van der Waals surface area contributed by atoms with Crippen LogP contribution in [0.15, 0.2) is 27.1 Å². The van der Waals surface area contributed by atoms with Gasteiger partial charge in [-0.1, -0.05) is 43.5 Å². The summed E-state index contributed by atoms with van der Waals surface area (Å²) in [5, 5.41) is 1.22. The van der Waals surface area contributed by atoms with Crippen LogP contribution in [-0.4, -0.2) is 18.1 Å². The lowest BCUT2D eigenvalue weighted by Gasteiger charge is -2.06. The number of carbonyl (C=O) groups is 1. The Morgan fingerprint density at radius 2 is 2.06 bits per heavy atom. The first kappa shape index (κ1) is 12.8. The summed E-state index contributed by atoms with van der Waals surface area (Å²) in [5.74, 6) is -0.509. The number of hydrogen-bond donors (Lipinski definition) is 0. The van der Waals surface area contributed by atoms with Crippen molar-refractivity contribution in [2.45, 2.75) is 0 Å². The maximum absolute atomic E-state index is 11.4. The van der Waals surface area contributed by atoms with E-state index >= 15 is 0 Å². The van der Waals surface area contributed by atoms with Gasteiger partial charge >= 0.3 is 5.97 Å². The van der Waals surface area contributed by atoms with Gasteiger partial charge in [-0.05, 0) is 18.2 Å². The molecule has 0 saturated heterocycles. The number of methoxy groups -OCH3 is 1. The maximum atomic E-state index is 11.4. The van der Waals surface area contributed by atoms with Crippen LogP contribution in [0.5, 0.6) is 0 Å². The fraction of sp³-hybridized carbons (Fsp3) is 0.0909. The third-order valence-electron chi connectivity index (χ3n) is 2.17. The van der Waals surface area contributed by atoms with E-state index in [1.165, 1.54) is 13.2 Å². The number of hydrogen-bond acceptors (Lipinski definition) is 3. The SMILES string of the molecule is COC(=O)c1cc(Cl)c2c(Br)cc(Br)cc2n1. The molecule has 0 atom stereocenters. The monoisotopic (exact) mass is 377 g/mol. The van der Waals surface area contributed by atoms with Gasteiger partial charge in [0.25, 0.3) is 0 Å². The van der Waals surface area contributed by atoms with Crippen molar-refractivity contribution in [3.63, 3.8) is 0 Å². The van der Waals surface area contributed by atoms with E-state index < -0.39 is 5.97 Å². The molecule has 3 nitrogen and oxygen atoms in total. The fourth-order valence-corrected chi connectivity index (χ4v) is 3.28. The minimum atomic E-state index is -0.509. The third-order valence-corrected chi connectivity index (χ3v) is 3.55. The number of rotatable bonds is 1. The molecule has 0 spiro atoms. The zero-order chi connectivity index (χ0) is 12.6. The van der Waals surface area contributed by atoms with Gasteiger partial charge in [0.1, 0.15) is 0 Å². The van der Waals surface area contributed by atoms with E-state index in [1.54, 1.807) is 6.07 Å². The lowest BCUT2D eigenvalue weighted by Crippen LogP contribution is -2.04. The number of ether oxygens (including phenoxy) is 1. The molecule has 0 bridgehead atoms. The largest absolute Gasteiger partial charge is 0.464 e. The van der Waals surface area contributed by atoms with Gasteiger partial charge in [-0.25, -0.2) is 9.78 Å². The highest BCUT2D eigenvalue weighted by molar-refractivity contribution is 9.11. The van der Waals surface area contributed by atoms with Crippen LogP contribution in [0, 0.1) is 0 Å². The van der Waals surface area contributed by atoms with Gasteiger partial charge in [-0.15, -0.1) is 0 Å². The van der Waals surface area contributed by atoms with Gasteiger partial charge in [0.15, 0.2) is 5.69 Å². The Labute approximate surface area is 119 Å². The Balaban J connectivity index is 2.77. The molecule has 0 amide bonds. The predicted octanol–water partition coefficient (Wildman–Crippen LogP) is 4.20. The molecule has 0 radical (unpaired) electrons. The van der Waals surface area contributed by atoms with Crippen molar-refractivity contribution in [2.75, 3.05) is 7.11 Å². The third kappa shape index (κ3) is 2.46. The molecule has 0 fully saturated rings. The molecule has 1 heterocycles. The highest BCUT2D eigenvalue weighted by Crippen LogP contribution is 2.33. The van der Waals surface area contributed by atoms with Crippen LogP contribution in [0.3, 0.4) is 0 Å². The van der Waals surface area contributed by atoms with Gasteiger partial charge in [0.2, 0.25) is 0 Å². The molecule has 0 aliphatic heterocycles. The number of fused-ring (bicyclic) bond motifs is 1. The molecular formula is C11H6Br2ClNO2. The second-order valence-corrected chi connectivity index (χ2v) is 5.44. The quantitative estimate of drug-likeness (QED) is 0.697. The Morgan fingerprint density at radius 1 is 1.35 bits per heavy atom. The Bertz CT molecular complexity index is 616. The molecule has 0 unspecified atom stereocenters. The summed E-state index contributed by atoms with van der Waals surface area (Å²) in [5.41, 5.74) is 0.814. The van der Waals surface area contributed by atoms with Crippen LogP contribution in [0.1, 0.15) is 10.5 Å². The van der Waals surface area contributed by atoms with E-state index in [1.807, 2.05) is 6.07 Å². The molecule has 0 aliphatic carbocycles. The number of aromatic nitrogens is 1. The predicted molar refractivity (Wildman–Crippen MR) is 73.5 cm³/mol. The average Bonchev–Trinajstić information content (AvgIpc) is 2.26. The van der Waals surface area contributed by atoms with Gasteiger partial charge in [-0.2, -0.15) is 0 Å². The first-order chi connectivity index (χ1) is 8.02. The minimum absolute atomic E-state index is 0.190. The molecule has 0 N–H and O–H groups in total. The lowest BCUT2D eigenvalue weighted by atomic mass is 10.2. The summed E-state index contributed by atoms with van der Waals surface area (Å²) in [6, 6.07) is 5.15. The van der Waals surface area contributed by atoms with Crippen molar-refractivity contribution in [3.8, 4) is 0 Å². The zero-order valence-corrected chi connectivity index (χ0v) is 12.6. The topological polar surface area (TPSA) is 39.2 Å². The lowest BCUT2D eigenvalue weighted by molar-refractivity contribution is 0.0594. The number of carbonyl (C=O) groups excluding carboxylic acids is 1. The molecule has 1 aromatic heterocycles. The van der Waals surface area contributed by atoms with Crippen molar-refractivity contribution in [1.82, 2.24) is 4.98 Å². The average molecular weight is 379 g/mol. The van der Waals surface area contributed by atoms with E-state index in [4.69, 9.17) is 11.6 Å². The molecule has 6 heteroatoms. The molecular weight excluding hydrogens is 373 g/mol. The van der Waals surface area contributed by atoms with E-state index in [2.05, 4.69) is 41.6 Å². The first-order valence-electron chi connectivity index (χ1n) is 4.56. The summed E-state index contributed by atoms with van der Waals surface area (Å²) in [6.07, 6.45) is 0. The smallest absolute Gasteiger partial charge is 0.356 e. The van der Waals surface area contributed by atoms with Crippen LogP contribution in [0.25, 0.3) is 10.9 Å². The standard InChI is InChI=1S/C11H6Br2ClNO2/c1-17-11(16)9-4-7(14)10-6(13)2-5(12)3-8(10)15-9/h2-4H,1H3. The number of benzene rings is 1. The maximum Gasteiger partial charge on any atom is 0.356 e. The minimum Gasteiger partial charge on any atom is -0.464 e. The number of halogens is 3. The fourth-order valence-electron chi connectivity index (χ4n) is 1.45. The van der Waals surface area contributed by atoms with Crippen molar-refractivity contribution >= 4 is 60.3 Å². The van der Waals surface area contributed by atoms with E-state index in [-0.39, 0.29) is 5.69 Å². The molecule has 0 aliphatic rings. The van der Waals surface area contributed by atoms with E-state index in [0.717, 1.165) is 14.3 Å². The summed E-state index contributed by atoms with van der Waals surface area (Å²) < 4.78 is 6.28. The number of nitrogens with zero attached hydrogens (tertiary/aromatic N) is 1. The normalized spacial score (nSPS) is 10.6. The van der Waals surface area contributed by atoms with Gasteiger partial charge in [0, 0.05) is 14.3 Å². The second-order valence-electron chi connectivity index (χ2n) is 3.26. The van der Waals surface area contributed by atoms with Gasteiger partial charge < -0.3 is 4.74 Å². The highest BCUT2D eigenvalue weighted by Gasteiger charge is 2.13. The number of esters is 1. The second kappa shape index (κ2) is 4.92. The zero-order valence-electron chi connectivity index (χ0n) is 8.63. The van der Waals surface area contributed by atoms with Gasteiger partial charge in [-0.3, -0.25) is 0 Å². The number of pyridine rings is 1. The van der Waals surface area contributed by atoms with Gasteiger partial charge in [0.05, 0.1) is 17.6 Å². The van der Waals surface area contributed by atoms with Crippen LogP contribution >= 0.6 is 43.5 Å². The Hall–Kier alpha value is -0.650. The van der Waals surface area contributed by atoms with Crippen molar-refractivity contribution in [3.05, 3.63) is 37.9 Å². The van der Waals surface area contributed by atoms with Crippen LogP contribution in [-0.2, 0) is 4.74 Å². The molecule has 0 saturated carbocycles. The summed E-state index contributed by atoms with van der Waals surface area (Å²) in [7, 11) is 1.30. The molecule has 2 aromatic rings. The van der Waals surface area contributed by atoms with E-state index in [9.17, 15) is 4.79 Å². The van der Waals surface area contributed by atoms with Crippen molar-refractivity contribution < 1.29 is 9.53 Å². The van der Waals surface area contributed by atoms with Crippen molar-refractivity contribution in [2.24, 2.45) is 0 Å². The molecule has 17 heavy (non-hydrogen) atoms. The van der Waals surface area contributed by atoms with E-state index in [0.29, 0.717) is 10.5 Å². The molecule has 1 aromatic carbocycles.